The number of halogens is 2. The molecule has 0 radical (unpaired) electrons. The van der Waals surface area contributed by atoms with Gasteiger partial charge in [-0.15, -0.1) is 0 Å². The van der Waals surface area contributed by atoms with Crippen LogP contribution in [0.3, 0.4) is 0 Å². The van der Waals surface area contributed by atoms with Gasteiger partial charge in [0.15, 0.2) is 0 Å². The summed E-state index contributed by atoms with van der Waals surface area (Å²) < 4.78 is 4.98. The smallest absolute Gasteiger partial charge is 0.364 e. The Balaban J connectivity index is 2.48. The third-order valence-corrected chi connectivity index (χ3v) is 3.66. The number of para-hydroxylation sites is 1. The van der Waals surface area contributed by atoms with Crippen LogP contribution in [0.5, 0.6) is 0 Å². The molecule has 22 heavy (non-hydrogen) atoms. The molecule has 0 saturated heterocycles. The van der Waals surface area contributed by atoms with Crippen LogP contribution in [0.2, 0.25) is 10.0 Å². The van der Waals surface area contributed by atoms with Gasteiger partial charge in [0.1, 0.15) is 0 Å². The number of aliphatic hydroxyl groups is 1. The molecule has 0 bridgehead atoms. The molecule has 2 aromatic rings. The zero-order valence-electron chi connectivity index (χ0n) is 11.8. The van der Waals surface area contributed by atoms with Gasteiger partial charge in [-0.3, -0.25) is 0 Å². The van der Waals surface area contributed by atoms with Crippen LogP contribution in [0.4, 0.5) is 5.69 Å². The third kappa shape index (κ3) is 3.35. The van der Waals surface area contributed by atoms with Gasteiger partial charge < -0.3 is 15.2 Å². The van der Waals surface area contributed by atoms with Crippen LogP contribution in [-0.2, 0) is 15.3 Å². The molecule has 0 aliphatic carbocycles. The molecule has 0 amide bonds. The number of hydrogen-bond donors (Lipinski definition) is 2. The predicted molar refractivity (Wildman–Crippen MR) is 87.1 cm³/mol. The first-order chi connectivity index (χ1) is 10.5. The summed E-state index contributed by atoms with van der Waals surface area (Å²) in [6.45, 7) is 1.79. The highest BCUT2D eigenvalue weighted by Crippen LogP contribution is 2.35. The standard InChI is InChI=1S/C16H15Cl2NO3/c1-2-22-15(20)16(21,11-7-4-3-5-8-11)19-14-12(17)9-6-10-13(14)18/h3-10,19,21H,2H2,1H3. The van der Waals surface area contributed by atoms with Gasteiger partial charge in [0, 0.05) is 5.56 Å². The Morgan fingerprint density at radius 1 is 1.14 bits per heavy atom. The van der Waals surface area contributed by atoms with Crippen LogP contribution in [0.15, 0.2) is 48.5 Å². The van der Waals surface area contributed by atoms with Crippen molar-refractivity contribution >= 4 is 34.9 Å². The molecule has 0 fully saturated rings. The summed E-state index contributed by atoms with van der Waals surface area (Å²) in [5, 5.41) is 14.2. The summed E-state index contributed by atoms with van der Waals surface area (Å²) in [4.78, 5) is 12.3. The van der Waals surface area contributed by atoms with E-state index in [4.69, 9.17) is 27.9 Å². The van der Waals surface area contributed by atoms with Gasteiger partial charge in [-0.05, 0) is 19.1 Å². The summed E-state index contributed by atoms with van der Waals surface area (Å²) in [6.07, 6.45) is 0. The van der Waals surface area contributed by atoms with Crippen molar-refractivity contribution in [1.29, 1.82) is 0 Å². The first-order valence-electron chi connectivity index (χ1n) is 6.66. The highest BCUT2D eigenvalue weighted by Gasteiger charge is 2.40. The number of nitrogens with one attached hydrogen (secondary N) is 1. The normalized spacial score (nSPS) is 13.3. The second kappa shape index (κ2) is 7.01. The Kier molecular flexibility index (Phi) is 5.29. The van der Waals surface area contributed by atoms with Crippen molar-refractivity contribution < 1.29 is 14.6 Å². The largest absolute Gasteiger partial charge is 0.462 e. The Bertz CT molecular complexity index is 643. The lowest BCUT2D eigenvalue weighted by molar-refractivity contribution is -0.163. The van der Waals surface area contributed by atoms with Crippen LogP contribution in [0.1, 0.15) is 12.5 Å². The third-order valence-electron chi connectivity index (χ3n) is 3.03. The van der Waals surface area contributed by atoms with Crippen molar-refractivity contribution in [3.8, 4) is 0 Å². The molecule has 6 heteroatoms. The van der Waals surface area contributed by atoms with Crippen molar-refractivity contribution in [3.05, 3.63) is 64.1 Å². The van der Waals surface area contributed by atoms with Crippen LogP contribution < -0.4 is 5.32 Å². The van der Waals surface area contributed by atoms with E-state index in [1.807, 2.05) is 0 Å². The number of carbonyl (C=O) groups is 1. The molecule has 2 aromatic carbocycles. The van der Waals surface area contributed by atoms with Crippen molar-refractivity contribution in [1.82, 2.24) is 0 Å². The molecule has 0 spiro atoms. The molecule has 0 aliphatic rings. The van der Waals surface area contributed by atoms with Gasteiger partial charge in [0.2, 0.25) is 0 Å². The fraction of sp³-hybridized carbons (Fsp3) is 0.188. The van der Waals surface area contributed by atoms with Crippen LogP contribution in [0.25, 0.3) is 0 Å². The Labute approximate surface area is 138 Å². The highest BCUT2D eigenvalue weighted by molar-refractivity contribution is 6.39. The van der Waals surface area contributed by atoms with Gasteiger partial charge in [0.25, 0.3) is 5.72 Å². The second-order valence-corrected chi connectivity index (χ2v) is 5.33. The number of carbonyl (C=O) groups excluding carboxylic acids is 1. The molecule has 0 heterocycles. The van der Waals surface area contributed by atoms with Gasteiger partial charge in [-0.2, -0.15) is 0 Å². The van der Waals surface area contributed by atoms with Gasteiger partial charge in [-0.25, -0.2) is 4.79 Å². The highest BCUT2D eigenvalue weighted by atomic mass is 35.5. The molecule has 0 aromatic heterocycles. The van der Waals surface area contributed by atoms with E-state index < -0.39 is 11.7 Å². The van der Waals surface area contributed by atoms with Crippen molar-refractivity contribution in [2.24, 2.45) is 0 Å². The SMILES string of the molecule is CCOC(=O)C(O)(Nc1c(Cl)cccc1Cl)c1ccccc1. The minimum atomic E-state index is -2.09. The molecule has 0 saturated carbocycles. The van der Waals surface area contributed by atoms with Gasteiger partial charge >= 0.3 is 5.97 Å². The summed E-state index contributed by atoms with van der Waals surface area (Å²) in [7, 11) is 0. The average Bonchev–Trinajstić information content (AvgIpc) is 2.52. The first-order valence-corrected chi connectivity index (χ1v) is 7.42. The number of hydrogen-bond acceptors (Lipinski definition) is 4. The summed E-state index contributed by atoms with van der Waals surface area (Å²) in [5.74, 6) is -0.836. The van der Waals surface area contributed by atoms with Crippen molar-refractivity contribution in [2.75, 3.05) is 11.9 Å². The zero-order valence-corrected chi connectivity index (χ0v) is 13.4. The Morgan fingerprint density at radius 3 is 2.27 bits per heavy atom. The van der Waals surface area contributed by atoms with Gasteiger partial charge in [0.05, 0.1) is 22.3 Å². The van der Waals surface area contributed by atoms with Crippen LogP contribution in [-0.4, -0.2) is 17.7 Å². The number of rotatable bonds is 5. The maximum atomic E-state index is 12.3. The maximum absolute atomic E-state index is 12.3. The predicted octanol–water partition coefficient (Wildman–Crippen LogP) is 3.81. The van der Waals surface area contributed by atoms with E-state index in [2.05, 4.69) is 5.32 Å². The van der Waals surface area contributed by atoms with Gasteiger partial charge in [-0.1, -0.05) is 59.6 Å². The number of ether oxygens (including phenoxy) is 1. The number of esters is 1. The quantitative estimate of drug-likeness (QED) is 0.642. The molecule has 1 atom stereocenters. The minimum Gasteiger partial charge on any atom is -0.462 e. The minimum absolute atomic E-state index is 0.131. The molecule has 1 unspecified atom stereocenters. The summed E-state index contributed by atoms with van der Waals surface area (Å²) in [6, 6.07) is 13.3. The van der Waals surface area contributed by atoms with E-state index in [0.717, 1.165) is 0 Å². The summed E-state index contributed by atoms with van der Waals surface area (Å²) >= 11 is 12.2. The zero-order chi connectivity index (χ0) is 16.2. The Morgan fingerprint density at radius 2 is 1.73 bits per heavy atom. The average molecular weight is 340 g/mol. The lowest BCUT2D eigenvalue weighted by Crippen LogP contribution is -2.44. The lowest BCUT2D eigenvalue weighted by Gasteiger charge is -2.29. The van der Waals surface area contributed by atoms with Crippen molar-refractivity contribution in [2.45, 2.75) is 12.6 Å². The molecule has 2 rings (SSSR count). The number of anilines is 1. The molecule has 2 N–H and O–H groups in total. The van der Waals surface area contributed by atoms with E-state index in [-0.39, 0.29) is 22.3 Å². The monoisotopic (exact) mass is 339 g/mol. The van der Waals surface area contributed by atoms with E-state index in [9.17, 15) is 9.90 Å². The maximum Gasteiger partial charge on any atom is 0.364 e. The van der Waals surface area contributed by atoms with Crippen molar-refractivity contribution in [3.63, 3.8) is 0 Å². The topological polar surface area (TPSA) is 58.6 Å². The molecule has 0 aliphatic heterocycles. The fourth-order valence-corrected chi connectivity index (χ4v) is 2.45. The van der Waals surface area contributed by atoms with Crippen LogP contribution >= 0.6 is 23.2 Å². The van der Waals surface area contributed by atoms with E-state index >= 15 is 0 Å². The summed E-state index contributed by atoms with van der Waals surface area (Å²) in [5.41, 5.74) is -1.51. The van der Waals surface area contributed by atoms with E-state index in [0.29, 0.717) is 5.56 Å². The van der Waals surface area contributed by atoms with E-state index in [1.54, 1.807) is 55.5 Å². The van der Waals surface area contributed by atoms with E-state index in [1.165, 1.54) is 0 Å². The second-order valence-electron chi connectivity index (χ2n) is 4.52. The molecular formula is C16H15Cl2NO3. The molecular weight excluding hydrogens is 325 g/mol. The fourth-order valence-electron chi connectivity index (χ4n) is 1.95. The Hall–Kier alpha value is -1.75. The first kappa shape index (κ1) is 16.6. The number of benzene rings is 2. The lowest BCUT2D eigenvalue weighted by atomic mass is 10.0. The molecule has 116 valence electrons. The molecule has 4 nitrogen and oxygen atoms in total. The van der Waals surface area contributed by atoms with Crippen LogP contribution in [0, 0.1) is 0 Å².